The second-order valence-corrected chi connectivity index (χ2v) is 11.6. The topological polar surface area (TPSA) is 133 Å². The van der Waals surface area contributed by atoms with Crippen LogP contribution in [0.1, 0.15) is 33.3 Å². The molecule has 37 heavy (non-hydrogen) atoms. The highest BCUT2D eigenvalue weighted by Crippen LogP contribution is 2.36. The standard InChI is InChI=1S/C27H32N4O5S.H2/c1-17-11-18(12-26(32)31-19(15-28)16-30-27(2,3)4)7-8-22(17)36-23-9-10-29-21-14-24(35-5)25(13-20(21)23)37(6,33)34;/h7-11,13-16H,12,28H2,1-6H3,(H,31,32);1H/b19-15+,30-16?;. The smallest absolute Gasteiger partial charge is 0.228 e. The number of carbonyl (C=O) groups is 1. The summed E-state index contributed by atoms with van der Waals surface area (Å²) in [5.74, 6) is 0.999. The molecule has 3 aromatic rings. The largest absolute Gasteiger partial charge is 0.495 e. The number of carbonyl (C=O) groups excluding carboxylic acids is 1. The molecule has 0 aliphatic carbocycles. The van der Waals surface area contributed by atoms with Crippen molar-refractivity contribution < 1.29 is 24.1 Å². The highest BCUT2D eigenvalue weighted by molar-refractivity contribution is 7.90. The van der Waals surface area contributed by atoms with E-state index >= 15 is 0 Å². The van der Waals surface area contributed by atoms with E-state index in [4.69, 9.17) is 15.2 Å². The maximum Gasteiger partial charge on any atom is 0.228 e. The lowest BCUT2D eigenvalue weighted by molar-refractivity contribution is -0.119. The number of aryl methyl sites for hydroxylation is 1. The molecule has 1 heterocycles. The summed E-state index contributed by atoms with van der Waals surface area (Å²) in [4.78, 5) is 21.3. The molecule has 0 atom stereocenters. The number of amides is 1. The quantitative estimate of drug-likeness (QED) is 0.418. The van der Waals surface area contributed by atoms with Gasteiger partial charge in [0.05, 0.1) is 30.3 Å². The van der Waals surface area contributed by atoms with Crippen LogP contribution in [-0.2, 0) is 21.1 Å². The van der Waals surface area contributed by atoms with E-state index in [2.05, 4.69) is 15.3 Å². The second-order valence-electron chi connectivity index (χ2n) is 9.58. The third-order valence-corrected chi connectivity index (χ3v) is 6.38. The Hall–Kier alpha value is -3.92. The number of fused-ring (bicyclic) bond motifs is 1. The first-order valence-electron chi connectivity index (χ1n) is 11.5. The van der Waals surface area contributed by atoms with Crippen LogP contribution in [-0.4, -0.2) is 44.4 Å². The van der Waals surface area contributed by atoms with E-state index in [-0.39, 0.29) is 29.9 Å². The van der Waals surface area contributed by atoms with Crippen LogP contribution in [0.3, 0.4) is 0 Å². The van der Waals surface area contributed by atoms with Crippen molar-refractivity contribution in [2.75, 3.05) is 13.4 Å². The van der Waals surface area contributed by atoms with Crippen molar-refractivity contribution in [1.82, 2.24) is 10.3 Å². The summed E-state index contributed by atoms with van der Waals surface area (Å²) in [6.45, 7) is 7.71. The first-order valence-corrected chi connectivity index (χ1v) is 13.4. The highest BCUT2D eigenvalue weighted by atomic mass is 32.2. The maximum absolute atomic E-state index is 12.5. The number of pyridine rings is 1. The molecule has 198 valence electrons. The fourth-order valence-electron chi connectivity index (χ4n) is 3.49. The number of allylic oxidation sites excluding steroid dienone is 1. The van der Waals surface area contributed by atoms with Crippen molar-refractivity contribution in [3.8, 4) is 17.2 Å². The number of nitrogens with one attached hydrogen (secondary N) is 1. The van der Waals surface area contributed by atoms with Gasteiger partial charge in [-0.1, -0.05) is 12.1 Å². The van der Waals surface area contributed by atoms with Crippen LogP contribution in [0.25, 0.3) is 10.9 Å². The minimum absolute atomic E-state index is 0. The first-order chi connectivity index (χ1) is 17.3. The Bertz CT molecular complexity index is 1500. The van der Waals surface area contributed by atoms with E-state index in [1.807, 2.05) is 33.8 Å². The Morgan fingerprint density at radius 1 is 1.16 bits per heavy atom. The van der Waals surface area contributed by atoms with Crippen molar-refractivity contribution in [2.45, 2.75) is 44.6 Å². The minimum atomic E-state index is -3.54. The maximum atomic E-state index is 12.5. The Kier molecular flexibility index (Phi) is 8.22. The molecule has 0 bridgehead atoms. The van der Waals surface area contributed by atoms with Gasteiger partial charge in [-0.2, -0.15) is 0 Å². The molecule has 10 heteroatoms. The zero-order valence-corrected chi connectivity index (χ0v) is 22.6. The molecule has 0 radical (unpaired) electrons. The number of benzene rings is 2. The zero-order valence-electron chi connectivity index (χ0n) is 21.8. The predicted molar refractivity (Wildman–Crippen MR) is 147 cm³/mol. The number of methoxy groups -OCH3 is 1. The van der Waals surface area contributed by atoms with Gasteiger partial charge in [0.15, 0.2) is 9.84 Å². The fraction of sp³-hybridized carbons (Fsp3) is 0.296. The van der Waals surface area contributed by atoms with Crippen LogP contribution >= 0.6 is 0 Å². The molecule has 1 amide bonds. The normalized spacial score (nSPS) is 12.6. The molecule has 0 saturated heterocycles. The van der Waals surface area contributed by atoms with Crippen molar-refractivity contribution in [3.05, 3.63) is 65.6 Å². The van der Waals surface area contributed by atoms with E-state index in [1.54, 1.807) is 36.7 Å². The van der Waals surface area contributed by atoms with Gasteiger partial charge >= 0.3 is 0 Å². The summed E-state index contributed by atoms with van der Waals surface area (Å²) < 4.78 is 36.0. The number of hydrogen-bond acceptors (Lipinski definition) is 8. The number of aromatic nitrogens is 1. The van der Waals surface area contributed by atoms with Crippen molar-refractivity contribution in [1.29, 1.82) is 0 Å². The SMILES string of the molecule is COc1cc2nccc(Oc3ccc(CC(=O)N/C(C=NC(C)(C)C)=C/N)cc3C)c2cc1S(C)(=O)=O.[HH]. The van der Waals surface area contributed by atoms with Gasteiger partial charge in [-0.15, -0.1) is 0 Å². The van der Waals surface area contributed by atoms with Crippen molar-refractivity contribution >= 4 is 32.9 Å². The van der Waals surface area contributed by atoms with Gasteiger partial charge in [-0.3, -0.25) is 14.8 Å². The van der Waals surface area contributed by atoms with Gasteiger partial charge in [0.1, 0.15) is 22.1 Å². The van der Waals surface area contributed by atoms with E-state index < -0.39 is 9.84 Å². The predicted octanol–water partition coefficient (Wildman–Crippen LogP) is 4.32. The average Bonchev–Trinajstić information content (AvgIpc) is 2.81. The molecule has 9 nitrogen and oxygen atoms in total. The molecule has 0 aliphatic heterocycles. The summed E-state index contributed by atoms with van der Waals surface area (Å²) in [7, 11) is -2.13. The number of aliphatic imine (C=N–C) groups is 1. The summed E-state index contributed by atoms with van der Waals surface area (Å²) in [5.41, 5.74) is 7.88. The lowest BCUT2D eigenvalue weighted by Gasteiger charge is -2.14. The van der Waals surface area contributed by atoms with Crippen LogP contribution in [0.2, 0.25) is 0 Å². The average molecular weight is 527 g/mol. The Balaban J connectivity index is 0.00000507. The van der Waals surface area contributed by atoms with Gasteiger partial charge in [0.25, 0.3) is 0 Å². The van der Waals surface area contributed by atoms with Crippen molar-refractivity contribution in [3.63, 3.8) is 0 Å². The number of hydrogen-bond donors (Lipinski definition) is 2. The lowest BCUT2D eigenvalue weighted by atomic mass is 10.1. The third kappa shape index (κ3) is 7.29. The number of sulfone groups is 1. The molecule has 2 aromatic carbocycles. The molecule has 1 aromatic heterocycles. The highest BCUT2D eigenvalue weighted by Gasteiger charge is 2.18. The Morgan fingerprint density at radius 2 is 1.89 bits per heavy atom. The van der Waals surface area contributed by atoms with Crippen molar-refractivity contribution in [2.24, 2.45) is 10.7 Å². The van der Waals surface area contributed by atoms with Crippen LogP contribution in [0.15, 0.2) is 64.4 Å². The third-order valence-electron chi connectivity index (χ3n) is 5.26. The molecule has 0 fully saturated rings. The molecule has 0 aliphatic rings. The molecular weight excluding hydrogens is 492 g/mol. The number of nitrogens with zero attached hydrogens (tertiary/aromatic N) is 2. The molecule has 3 N–H and O–H groups in total. The Morgan fingerprint density at radius 3 is 2.49 bits per heavy atom. The van der Waals surface area contributed by atoms with Crippen LogP contribution in [0.4, 0.5) is 0 Å². The molecular formula is C27H34N4O5S. The molecule has 0 spiro atoms. The van der Waals surface area contributed by atoms with E-state index in [0.717, 1.165) is 17.4 Å². The van der Waals surface area contributed by atoms with Crippen LogP contribution in [0.5, 0.6) is 17.2 Å². The first kappa shape index (κ1) is 27.7. The van der Waals surface area contributed by atoms with Gasteiger partial charge < -0.3 is 20.5 Å². The summed E-state index contributed by atoms with van der Waals surface area (Å²) in [6, 6.07) is 10.2. The van der Waals surface area contributed by atoms with E-state index in [0.29, 0.717) is 28.1 Å². The lowest BCUT2D eigenvalue weighted by Crippen LogP contribution is -2.26. The zero-order chi connectivity index (χ0) is 27.4. The van der Waals surface area contributed by atoms with Crippen LogP contribution in [0, 0.1) is 6.92 Å². The van der Waals surface area contributed by atoms with Gasteiger partial charge in [-0.25, -0.2) is 8.42 Å². The minimum Gasteiger partial charge on any atom is -0.495 e. The van der Waals surface area contributed by atoms with Gasteiger partial charge in [-0.05, 0) is 57.0 Å². The number of rotatable bonds is 8. The Labute approximate surface area is 218 Å². The molecule has 0 unspecified atom stereocenters. The number of ether oxygens (including phenoxy) is 2. The van der Waals surface area contributed by atoms with E-state index in [9.17, 15) is 13.2 Å². The summed E-state index contributed by atoms with van der Waals surface area (Å²) in [6.07, 6.45) is 5.69. The van der Waals surface area contributed by atoms with Gasteiger partial charge in [0, 0.05) is 37.7 Å². The van der Waals surface area contributed by atoms with Gasteiger partial charge in [0.2, 0.25) is 5.91 Å². The second kappa shape index (κ2) is 11.0. The van der Waals surface area contributed by atoms with Crippen LogP contribution < -0.4 is 20.5 Å². The monoisotopic (exact) mass is 526 g/mol. The fourth-order valence-corrected chi connectivity index (χ4v) is 4.33. The molecule has 0 saturated carbocycles. The number of nitrogens with two attached hydrogens (primary N) is 1. The molecule has 3 rings (SSSR count). The van der Waals surface area contributed by atoms with E-state index in [1.165, 1.54) is 19.4 Å². The summed E-state index contributed by atoms with van der Waals surface area (Å²) in [5, 5.41) is 3.29. The summed E-state index contributed by atoms with van der Waals surface area (Å²) >= 11 is 0.